The predicted molar refractivity (Wildman–Crippen MR) is 146 cm³/mol. The molecule has 0 aliphatic heterocycles. The first-order chi connectivity index (χ1) is 18.0. The molecule has 0 amide bonds. The molecule has 1 N–H and O–H groups in total. The summed E-state index contributed by atoms with van der Waals surface area (Å²) in [5, 5.41) is 4.57. The van der Waals surface area contributed by atoms with Crippen LogP contribution >= 0.6 is 11.8 Å². The number of benzene rings is 3. The number of nitrogens with one attached hydrogen (secondary N) is 1. The summed E-state index contributed by atoms with van der Waals surface area (Å²) in [5.74, 6) is 0.614. The van der Waals surface area contributed by atoms with Crippen molar-refractivity contribution in [1.82, 2.24) is 19.7 Å². The molecule has 0 spiro atoms. The Hall–Kier alpha value is -4.17. The lowest BCUT2D eigenvalue weighted by atomic mass is 9.98. The Kier molecular flexibility index (Phi) is 7.18. The van der Waals surface area contributed by atoms with Crippen LogP contribution in [0.5, 0.6) is 0 Å². The number of rotatable bonds is 8. The van der Waals surface area contributed by atoms with Crippen LogP contribution in [0, 0.1) is 6.92 Å². The lowest BCUT2D eigenvalue weighted by Crippen LogP contribution is -2.28. The van der Waals surface area contributed by atoms with Crippen LogP contribution in [0.15, 0.2) is 98.1 Å². The van der Waals surface area contributed by atoms with Crippen LogP contribution < -0.4 is 11.3 Å². The first kappa shape index (κ1) is 24.5. The Morgan fingerprint density at radius 3 is 2.27 bits per heavy atom. The van der Waals surface area contributed by atoms with Gasteiger partial charge in [0.2, 0.25) is 0 Å². The largest absolute Gasteiger partial charge is 0.439 e. The van der Waals surface area contributed by atoms with Gasteiger partial charge >= 0.3 is 5.76 Å². The van der Waals surface area contributed by atoms with E-state index in [9.17, 15) is 9.59 Å². The molecule has 186 valence electrons. The van der Waals surface area contributed by atoms with Crippen LogP contribution in [-0.4, -0.2) is 25.4 Å². The van der Waals surface area contributed by atoms with Gasteiger partial charge in [0.1, 0.15) is 0 Å². The van der Waals surface area contributed by atoms with Crippen LogP contribution in [0.3, 0.4) is 0 Å². The first-order valence-corrected chi connectivity index (χ1v) is 13.0. The first-order valence-electron chi connectivity index (χ1n) is 12.0. The van der Waals surface area contributed by atoms with E-state index in [1.165, 1.54) is 0 Å². The van der Waals surface area contributed by atoms with Gasteiger partial charge in [-0.25, -0.2) is 9.78 Å². The molecule has 2 heterocycles. The molecule has 8 heteroatoms. The molecule has 3 aromatic carbocycles. The Bertz CT molecular complexity index is 1640. The van der Waals surface area contributed by atoms with Crippen molar-refractivity contribution in [3.05, 3.63) is 122 Å². The molecular formula is C29H26N4O3S. The number of aryl methyl sites for hydroxylation is 1. The minimum absolute atomic E-state index is 0.00304. The van der Waals surface area contributed by atoms with Crippen LogP contribution in [0.4, 0.5) is 0 Å². The number of aromatic nitrogens is 4. The zero-order chi connectivity index (χ0) is 25.8. The van der Waals surface area contributed by atoms with Crippen molar-refractivity contribution >= 4 is 11.8 Å². The monoisotopic (exact) mass is 510 g/mol. The molecule has 0 aliphatic carbocycles. The standard InChI is InChI=1S/C29H26N4O3S/c1-3-37-28-30-19(2)25(17-20-9-5-4-6-10-20)27(34)33(28)18-21-13-15-22(16-14-21)23-11-7-8-12-24(23)26-31-29(35)36-32-26/h4-16H,3,17-18H2,1-2H3,(H,31,32,35). The maximum atomic E-state index is 13.7. The van der Waals surface area contributed by atoms with Crippen molar-refractivity contribution in [3.8, 4) is 22.5 Å². The quantitative estimate of drug-likeness (QED) is 0.225. The van der Waals surface area contributed by atoms with E-state index in [0.717, 1.165) is 50.0 Å². The summed E-state index contributed by atoms with van der Waals surface area (Å²) in [7, 11) is 0. The second-order valence-electron chi connectivity index (χ2n) is 8.63. The van der Waals surface area contributed by atoms with Gasteiger partial charge in [-0.05, 0) is 34.9 Å². The number of hydrogen-bond donors (Lipinski definition) is 1. The van der Waals surface area contributed by atoms with E-state index in [-0.39, 0.29) is 5.56 Å². The van der Waals surface area contributed by atoms with Gasteiger partial charge in [-0.15, -0.1) is 0 Å². The van der Waals surface area contributed by atoms with Gasteiger partial charge in [-0.1, -0.05) is 103 Å². The number of hydrogen-bond acceptors (Lipinski definition) is 6. The van der Waals surface area contributed by atoms with E-state index >= 15 is 0 Å². The molecule has 0 aliphatic rings. The predicted octanol–water partition coefficient (Wildman–Crippen LogP) is 5.31. The van der Waals surface area contributed by atoms with E-state index < -0.39 is 5.76 Å². The van der Waals surface area contributed by atoms with E-state index in [2.05, 4.69) is 17.1 Å². The topological polar surface area (TPSA) is 93.8 Å². The van der Waals surface area contributed by atoms with E-state index in [4.69, 9.17) is 9.51 Å². The lowest BCUT2D eigenvalue weighted by molar-refractivity contribution is 0.388. The van der Waals surface area contributed by atoms with Crippen LogP contribution in [0.25, 0.3) is 22.5 Å². The minimum Gasteiger partial charge on any atom is -0.296 e. The van der Waals surface area contributed by atoms with E-state index in [1.54, 1.807) is 16.3 Å². The molecular weight excluding hydrogens is 484 g/mol. The minimum atomic E-state index is -0.593. The smallest absolute Gasteiger partial charge is 0.296 e. The Morgan fingerprint density at radius 2 is 1.59 bits per heavy atom. The van der Waals surface area contributed by atoms with Gasteiger partial charge in [0.15, 0.2) is 11.0 Å². The zero-order valence-electron chi connectivity index (χ0n) is 20.6. The number of thioether (sulfide) groups is 1. The van der Waals surface area contributed by atoms with Crippen LogP contribution in [0.1, 0.15) is 29.3 Å². The average Bonchev–Trinajstić information content (AvgIpc) is 3.36. The van der Waals surface area contributed by atoms with Crippen LogP contribution in [-0.2, 0) is 13.0 Å². The van der Waals surface area contributed by atoms with Crippen molar-refractivity contribution in [2.24, 2.45) is 0 Å². The molecule has 0 saturated carbocycles. The summed E-state index contributed by atoms with van der Waals surface area (Å²) >= 11 is 1.57. The summed E-state index contributed by atoms with van der Waals surface area (Å²) < 4.78 is 6.47. The van der Waals surface area contributed by atoms with Crippen LogP contribution in [0.2, 0.25) is 0 Å². The molecule has 5 aromatic rings. The third-order valence-corrected chi connectivity index (χ3v) is 7.02. The fourth-order valence-electron chi connectivity index (χ4n) is 4.32. The molecule has 0 bridgehead atoms. The van der Waals surface area contributed by atoms with Gasteiger partial charge in [-0.3, -0.25) is 18.9 Å². The van der Waals surface area contributed by atoms with E-state index in [0.29, 0.717) is 18.8 Å². The highest BCUT2D eigenvalue weighted by Gasteiger charge is 2.16. The van der Waals surface area contributed by atoms with Gasteiger partial charge < -0.3 is 0 Å². The summed E-state index contributed by atoms with van der Waals surface area (Å²) in [6.45, 7) is 4.40. The fourth-order valence-corrected chi connectivity index (χ4v) is 5.08. The highest BCUT2D eigenvalue weighted by molar-refractivity contribution is 7.99. The number of nitrogens with zero attached hydrogens (tertiary/aromatic N) is 3. The van der Waals surface area contributed by atoms with Crippen molar-refractivity contribution in [2.45, 2.75) is 32.0 Å². The highest BCUT2D eigenvalue weighted by Crippen LogP contribution is 2.30. The summed E-state index contributed by atoms with van der Waals surface area (Å²) in [4.78, 5) is 32.5. The summed E-state index contributed by atoms with van der Waals surface area (Å²) in [5.41, 5.74) is 6.23. The third-order valence-electron chi connectivity index (χ3n) is 6.16. The van der Waals surface area contributed by atoms with E-state index in [1.807, 2.05) is 85.8 Å². The molecule has 5 rings (SSSR count). The molecule has 7 nitrogen and oxygen atoms in total. The zero-order valence-corrected chi connectivity index (χ0v) is 21.4. The normalized spacial score (nSPS) is 11.1. The van der Waals surface area contributed by atoms with Crippen molar-refractivity contribution in [3.63, 3.8) is 0 Å². The number of H-pyrrole nitrogens is 1. The summed E-state index contributed by atoms with van der Waals surface area (Å²) in [6, 6.07) is 25.7. The van der Waals surface area contributed by atoms with Crippen molar-refractivity contribution in [1.29, 1.82) is 0 Å². The highest BCUT2D eigenvalue weighted by atomic mass is 32.2. The molecule has 37 heavy (non-hydrogen) atoms. The lowest BCUT2D eigenvalue weighted by Gasteiger charge is -2.16. The fraction of sp³-hybridized carbons (Fsp3) is 0.172. The van der Waals surface area contributed by atoms with Crippen molar-refractivity contribution < 1.29 is 4.52 Å². The molecule has 0 radical (unpaired) electrons. The average molecular weight is 511 g/mol. The molecule has 2 aromatic heterocycles. The molecule has 0 fully saturated rings. The Morgan fingerprint density at radius 1 is 0.892 bits per heavy atom. The second-order valence-corrected chi connectivity index (χ2v) is 9.86. The molecule has 0 saturated heterocycles. The van der Waals surface area contributed by atoms with Gasteiger partial charge in [0, 0.05) is 23.2 Å². The number of aromatic amines is 1. The second kappa shape index (κ2) is 10.8. The Balaban J connectivity index is 1.48. The molecule has 0 unspecified atom stereocenters. The van der Waals surface area contributed by atoms with Gasteiger partial charge in [-0.2, -0.15) is 0 Å². The SMILES string of the molecule is CCSc1nc(C)c(Cc2ccccc2)c(=O)n1Cc1ccc(-c2ccccc2-c2noc(=O)[nH]2)cc1. The summed E-state index contributed by atoms with van der Waals surface area (Å²) in [6.07, 6.45) is 0.551. The van der Waals surface area contributed by atoms with Gasteiger partial charge in [0.25, 0.3) is 5.56 Å². The molecule has 0 atom stereocenters. The maximum Gasteiger partial charge on any atom is 0.439 e. The Labute approximate surface area is 218 Å². The third kappa shape index (κ3) is 5.34. The van der Waals surface area contributed by atoms with Crippen molar-refractivity contribution in [2.75, 3.05) is 5.75 Å². The van der Waals surface area contributed by atoms with Gasteiger partial charge in [0.05, 0.1) is 6.54 Å². The maximum absolute atomic E-state index is 13.7.